The second-order valence-corrected chi connectivity index (χ2v) is 9.16. The van der Waals surface area contributed by atoms with Crippen LogP contribution in [-0.4, -0.2) is 52.1 Å². The van der Waals surface area contributed by atoms with Crippen LogP contribution in [0.4, 0.5) is 0 Å². The number of hydrogen-bond donors (Lipinski definition) is 0. The standard InChI is InChI=1S/C20H22N2O2S/c23-19(16-5-6-18-15(8-16)2-1-7-21-18)22-12-20(13-22)9-17(11-25-20)24-10-14-3-4-14/h1-2,5-8,14,17H,3-4,9-13H2/t17-/m0/s1. The van der Waals surface area contributed by atoms with E-state index in [1.165, 1.54) is 12.8 Å². The van der Waals surface area contributed by atoms with Gasteiger partial charge in [0, 0.05) is 42.6 Å². The molecule has 5 heteroatoms. The number of carbonyl (C=O) groups is 1. The van der Waals surface area contributed by atoms with Gasteiger partial charge in [0.25, 0.3) is 5.91 Å². The molecule has 130 valence electrons. The summed E-state index contributed by atoms with van der Waals surface area (Å²) >= 11 is 2.00. The summed E-state index contributed by atoms with van der Waals surface area (Å²) in [5, 5.41) is 1.02. The lowest BCUT2D eigenvalue weighted by Crippen LogP contribution is -2.60. The predicted molar refractivity (Wildman–Crippen MR) is 99.9 cm³/mol. The van der Waals surface area contributed by atoms with Gasteiger partial charge in [0.2, 0.25) is 0 Å². The van der Waals surface area contributed by atoms with Gasteiger partial charge >= 0.3 is 0 Å². The monoisotopic (exact) mass is 354 g/mol. The van der Waals surface area contributed by atoms with Gasteiger partial charge in [-0.15, -0.1) is 11.8 Å². The van der Waals surface area contributed by atoms with Gasteiger partial charge in [-0.3, -0.25) is 9.78 Å². The van der Waals surface area contributed by atoms with Crippen LogP contribution < -0.4 is 0 Å². The third-order valence-electron chi connectivity index (χ3n) is 5.53. The Morgan fingerprint density at radius 2 is 2.20 bits per heavy atom. The molecule has 0 unspecified atom stereocenters. The van der Waals surface area contributed by atoms with E-state index in [0.717, 1.165) is 54.3 Å². The first-order chi connectivity index (χ1) is 12.2. The number of likely N-dealkylation sites (tertiary alicyclic amines) is 1. The second-order valence-electron chi connectivity index (χ2n) is 7.67. The molecule has 2 aliphatic heterocycles. The Hall–Kier alpha value is -1.59. The van der Waals surface area contributed by atoms with Crippen LogP contribution in [0.25, 0.3) is 10.9 Å². The van der Waals surface area contributed by atoms with Crippen molar-refractivity contribution in [1.82, 2.24) is 9.88 Å². The Balaban J connectivity index is 1.21. The van der Waals surface area contributed by atoms with Crippen LogP contribution in [0.15, 0.2) is 36.5 Å². The summed E-state index contributed by atoms with van der Waals surface area (Å²) in [4.78, 5) is 19.1. The van der Waals surface area contributed by atoms with E-state index in [0.29, 0.717) is 6.10 Å². The molecule has 25 heavy (non-hydrogen) atoms. The molecule has 3 fully saturated rings. The van der Waals surface area contributed by atoms with Gasteiger partial charge in [-0.25, -0.2) is 0 Å². The minimum atomic E-state index is 0.138. The Morgan fingerprint density at radius 3 is 3.04 bits per heavy atom. The van der Waals surface area contributed by atoms with Crippen molar-refractivity contribution in [3.05, 3.63) is 42.1 Å². The van der Waals surface area contributed by atoms with Crippen LogP contribution in [0.2, 0.25) is 0 Å². The Labute approximate surface area is 151 Å². The van der Waals surface area contributed by atoms with Crippen LogP contribution in [0.3, 0.4) is 0 Å². The molecule has 1 amide bonds. The number of pyridine rings is 1. The first-order valence-corrected chi connectivity index (χ1v) is 10.1. The molecule has 2 aromatic rings. The quantitative estimate of drug-likeness (QED) is 0.844. The van der Waals surface area contributed by atoms with Crippen molar-refractivity contribution in [1.29, 1.82) is 0 Å². The third-order valence-corrected chi connectivity index (χ3v) is 7.11. The number of ether oxygens (including phenoxy) is 1. The molecule has 4 nitrogen and oxygen atoms in total. The topological polar surface area (TPSA) is 42.4 Å². The lowest BCUT2D eigenvalue weighted by molar-refractivity contribution is 0.0287. The lowest BCUT2D eigenvalue weighted by Gasteiger charge is -2.47. The van der Waals surface area contributed by atoms with Crippen molar-refractivity contribution < 1.29 is 9.53 Å². The average Bonchev–Trinajstić information content (AvgIpc) is 3.35. The molecule has 2 saturated heterocycles. The summed E-state index contributed by atoms with van der Waals surface area (Å²) in [5.41, 5.74) is 1.70. The van der Waals surface area contributed by atoms with Gasteiger partial charge in [-0.1, -0.05) is 6.07 Å². The fourth-order valence-corrected chi connectivity index (χ4v) is 5.42. The average molecular weight is 354 g/mol. The lowest BCUT2D eigenvalue weighted by atomic mass is 9.92. The number of hydrogen-bond acceptors (Lipinski definition) is 4. The molecule has 0 radical (unpaired) electrons. The largest absolute Gasteiger partial charge is 0.377 e. The third kappa shape index (κ3) is 3.04. The minimum absolute atomic E-state index is 0.138. The summed E-state index contributed by atoms with van der Waals surface area (Å²) < 4.78 is 6.29. The molecule has 1 aliphatic carbocycles. The van der Waals surface area contributed by atoms with Crippen LogP contribution in [0.5, 0.6) is 0 Å². The van der Waals surface area contributed by atoms with E-state index in [4.69, 9.17) is 4.74 Å². The van der Waals surface area contributed by atoms with Crippen LogP contribution in [-0.2, 0) is 4.74 Å². The van der Waals surface area contributed by atoms with E-state index >= 15 is 0 Å². The van der Waals surface area contributed by atoms with Gasteiger partial charge in [0.15, 0.2) is 0 Å². The summed E-state index contributed by atoms with van der Waals surface area (Å²) in [7, 11) is 0. The highest BCUT2D eigenvalue weighted by Crippen LogP contribution is 2.46. The van der Waals surface area contributed by atoms with Gasteiger partial charge < -0.3 is 9.64 Å². The maximum absolute atomic E-state index is 12.8. The van der Waals surface area contributed by atoms with E-state index in [2.05, 4.69) is 4.98 Å². The normalized spacial score (nSPS) is 24.6. The number of fused-ring (bicyclic) bond motifs is 1. The summed E-state index contributed by atoms with van der Waals surface area (Å²) in [6.45, 7) is 2.64. The van der Waals surface area contributed by atoms with Gasteiger partial charge in [-0.05, 0) is 49.4 Å². The van der Waals surface area contributed by atoms with Crippen LogP contribution >= 0.6 is 11.8 Å². The van der Waals surface area contributed by atoms with E-state index < -0.39 is 0 Å². The molecule has 3 aliphatic rings. The number of carbonyl (C=O) groups excluding carboxylic acids is 1. The Bertz CT molecular complexity index is 814. The molecule has 1 saturated carbocycles. The number of nitrogens with zero attached hydrogens (tertiary/aromatic N) is 2. The number of thioether (sulfide) groups is 1. The maximum Gasteiger partial charge on any atom is 0.253 e. The highest BCUT2D eigenvalue weighted by atomic mass is 32.2. The zero-order valence-electron chi connectivity index (χ0n) is 14.2. The Kier molecular flexibility index (Phi) is 3.75. The van der Waals surface area contributed by atoms with Gasteiger partial charge in [-0.2, -0.15) is 0 Å². The van der Waals surface area contributed by atoms with Crippen molar-refractivity contribution >= 4 is 28.6 Å². The van der Waals surface area contributed by atoms with Crippen molar-refractivity contribution in [2.75, 3.05) is 25.4 Å². The second kappa shape index (κ2) is 5.99. The molecule has 1 spiro atoms. The van der Waals surface area contributed by atoms with E-state index in [9.17, 15) is 4.79 Å². The highest BCUT2D eigenvalue weighted by Gasteiger charge is 2.51. The zero-order chi connectivity index (χ0) is 16.9. The van der Waals surface area contributed by atoms with Gasteiger partial charge in [0.1, 0.15) is 0 Å². The smallest absolute Gasteiger partial charge is 0.253 e. The van der Waals surface area contributed by atoms with Crippen molar-refractivity contribution in [2.24, 2.45) is 5.92 Å². The van der Waals surface area contributed by atoms with Crippen LogP contribution in [0, 0.1) is 5.92 Å². The molecule has 5 rings (SSSR count). The van der Waals surface area contributed by atoms with Crippen molar-refractivity contribution in [3.63, 3.8) is 0 Å². The van der Waals surface area contributed by atoms with Gasteiger partial charge in [0.05, 0.1) is 16.4 Å². The molecule has 1 atom stereocenters. The van der Waals surface area contributed by atoms with Crippen LogP contribution in [0.1, 0.15) is 29.6 Å². The first-order valence-electron chi connectivity index (χ1n) is 9.10. The SMILES string of the molecule is O=C(c1ccc2ncccc2c1)N1CC2(C[C@H](OCC3CC3)CS2)C1. The van der Waals surface area contributed by atoms with Crippen molar-refractivity contribution in [2.45, 2.75) is 30.1 Å². The first kappa shape index (κ1) is 15.6. The zero-order valence-corrected chi connectivity index (χ0v) is 15.0. The van der Waals surface area contributed by atoms with E-state index in [-0.39, 0.29) is 10.7 Å². The fourth-order valence-electron chi connectivity index (χ4n) is 3.87. The Morgan fingerprint density at radius 1 is 1.32 bits per heavy atom. The molecule has 3 heterocycles. The molecule has 0 bridgehead atoms. The molecular formula is C20H22N2O2S. The number of rotatable bonds is 4. The summed E-state index contributed by atoms with van der Waals surface area (Å²) in [6, 6.07) is 9.70. The van der Waals surface area contributed by atoms with E-state index in [1.807, 2.05) is 47.0 Å². The molecular weight excluding hydrogens is 332 g/mol. The molecule has 1 aromatic carbocycles. The summed E-state index contributed by atoms with van der Waals surface area (Å²) in [5.74, 6) is 2.04. The predicted octanol–water partition coefficient (Wildman–Crippen LogP) is 3.36. The summed E-state index contributed by atoms with van der Waals surface area (Å²) in [6.07, 6.45) is 5.94. The minimum Gasteiger partial charge on any atom is -0.377 e. The van der Waals surface area contributed by atoms with E-state index in [1.54, 1.807) is 6.20 Å². The van der Waals surface area contributed by atoms with Crippen molar-refractivity contribution in [3.8, 4) is 0 Å². The highest BCUT2D eigenvalue weighted by molar-refractivity contribution is 8.01. The fraction of sp³-hybridized carbons (Fsp3) is 0.500. The molecule has 1 aromatic heterocycles. The molecule has 0 N–H and O–H groups in total. The number of amides is 1. The number of benzene rings is 1. The maximum atomic E-state index is 12.8. The number of aromatic nitrogens is 1.